The molecule has 0 aromatic heterocycles. The number of hydrogen-bond acceptors (Lipinski definition) is 1. The summed E-state index contributed by atoms with van der Waals surface area (Å²) in [7, 11) is 0. The number of nitrogens with one attached hydrogen (secondary N) is 1. The van der Waals surface area contributed by atoms with Gasteiger partial charge in [0.15, 0.2) is 0 Å². The van der Waals surface area contributed by atoms with Gasteiger partial charge in [0.05, 0.1) is 10.4 Å². The van der Waals surface area contributed by atoms with Crippen LogP contribution in [0.2, 0.25) is 0 Å². The maximum Gasteiger partial charge on any atom is 0.236 e. The Bertz CT molecular complexity index is 429. The van der Waals surface area contributed by atoms with Crippen LogP contribution in [-0.4, -0.2) is 10.2 Å². The van der Waals surface area contributed by atoms with Crippen molar-refractivity contribution in [1.82, 2.24) is 5.32 Å². The van der Waals surface area contributed by atoms with Crippen molar-refractivity contribution in [2.45, 2.75) is 31.1 Å². The fourth-order valence-electron chi connectivity index (χ4n) is 1.29. The zero-order valence-electron chi connectivity index (χ0n) is 9.85. The third-order valence-electron chi connectivity index (χ3n) is 2.31. The lowest BCUT2D eigenvalue weighted by Gasteiger charge is -2.21. The summed E-state index contributed by atoms with van der Waals surface area (Å²) in [6, 6.07) is 2.59. The molecule has 0 saturated heterocycles. The molecular weight excluding hydrogens is 292 g/mol. The summed E-state index contributed by atoms with van der Waals surface area (Å²) in [5.74, 6) is -1.35. The predicted molar refractivity (Wildman–Crippen MR) is 65.9 cm³/mol. The normalized spacial score (nSPS) is 13.3. The maximum atomic E-state index is 13.4. The second-order valence-electron chi connectivity index (χ2n) is 4.33. The molecule has 0 saturated carbocycles. The number of carbonyl (C=O) groups excluding carboxylic acids is 1. The van der Waals surface area contributed by atoms with Crippen LogP contribution >= 0.6 is 15.9 Å². The molecule has 0 fully saturated rings. The smallest absolute Gasteiger partial charge is 0.236 e. The van der Waals surface area contributed by atoms with Crippen molar-refractivity contribution < 1.29 is 13.6 Å². The molecule has 0 spiro atoms. The van der Waals surface area contributed by atoms with Crippen LogP contribution in [0.4, 0.5) is 8.78 Å². The van der Waals surface area contributed by atoms with Crippen LogP contribution in [0.1, 0.15) is 32.4 Å². The van der Waals surface area contributed by atoms with Crippen LogP contribution < -0.4 is 5.32 Å². The largest absolute Gasteiger partial charge is 0.348 e. The van der Waals surface area contributed by atoms with E-state index in [1.165, 1.54) is 0 Å². The van der Waals surface area contributed by atoms with Crippen LogP contribution in [0.5, 0.6) is 0 Å². The minimum absolute atomic E-state index is 0.134. The van der Waals surface area contributed by atoms with Gasteiger partial charge in [-0.1, -0.05) is 15.9 Å². The van der Waals surface area contributed by atoms with Crippen molar-refractivity contribution in [3.63, 3.8) is 0 Å². The molecule has 0 aliphatic heterocycles. The van der Waals surface area contributed by atoms with Crippen molar-refractivity contribution >= 4 is 21.8 Å². The summed E-state index contributed by atoms with van der Waals surface area (Å²) < 4.78 is 25.7. The Morgan fingerprint density at radius 2 is 2.00 bits per heavy atom. The Kier molecular flexibility index (Phi) is 4.25. The maximum absolute atomic E-state index is 13.4. The average Bonchev–Trinajstić information content (AvgIpc) is 2.20. The lowest BCUT2D eigenvalue weighted by Crippen LogP contribution is -2.39. The molecule has 94 valence electrons. The molecule has 1 rings (SSSR count). The van der Waals surface area contributed by atoms with Crippen LogP contribution in [0.15, 0.2) is 18.2 Å². The molecule has 0 aliphatic carbocycles. The molecule has 1 unspecified atom stereocenters. The number of alkyl halides is 1. The zero-order valence-corrected chi connectivity index (χ0v) is 11.4. The van der Waals surface area contributed by atoms with Gasteiger partial charge in [-0.05, 0) is 39.0 Å². The first-order valence-electron chi connectivity index (χ1n) is 5.16. The van der Waals surface area contributed by atoms with E-state index >= 15 is 0 Å². The van der Waals surface area contributed by atoms with E-state index in [0.29, 0.717) is 0 Å². The molecule has 0 bridgehead atoms. The lowest BCUT2D eigenvalue weighted by atomic mass is 10.1. The third kappa shape index (κ3) is 3.77. The van der Waals surface area contributed by atoms with Crippen molar-refractivity contribution in [1.29, 1.82) is 0 Å². The highest BCUT2D eigenvalue weighted by molar-refractivity contribution is 9.10. The zero-order chi connectivity index (χ0) is 13.2. The number of hydrogen-bond donors (Lipinski definition) is 1. The molecule has 0 heterocycles. The van der Waals surface area contributed by atoms with E-state index in [2.05, 4.69) is 21.2 Å². The average molecular weight is 306 g/mol. The van der Waals surface area contributed by atoms with Crippen molar-refractivity contribution in [3.05, 3.63) is 35.4 Å². The van der Waals surface area contributed by atoms with Crippen molar-refractivity contribution in [2.24, 2.45) is 0 Å². The summed E-state index contributed by atoms with van der Waals surface area (Å²) in [4.78, 5) is 11.7. The molecule has 17 heavy (non-hydrogen) atoms. The van der Waals surface area contributed by atoms with E-state index in [0.717, 1.165) is 18.2 Å². The minimum Gasteiger partial charge on any atom is -0.348 e. The Hall–Kier alpha value is -0.970. The number of amides is 1. The highest BCUT2D eigenvalue weighted by Crippen LogP contribution is 2.21. The summed E-state index contributed by atoms with van der Waals surface area (Å²) in [6.45, 7) is 4.96. The fraction of sp³-hybridized carbons (Fsp3) is 0.417. The van der Waals surface area contributed by atoms with Crippen molar-refractivity contribution in [2.75, 3.05) is 0 Å². The molecule has 0 aliphatic rings. The van der Waals surface area contributed by atoms with Gasteiger partial charge >= 0.3 is 0 Å². The van der Waals surface area contributed by atoms with Crippen LogP contribution in [0.25, 0.3) is 0 Å². The van der Waals surface area contributed by atoms with Crippen molar-refractivity contribution in [3.8, 4) is 0 Å². The first-order valence-corrected chi connectivity index (χ1v) is 5.96. The predicted octanol–water partition coefficient (Wildman–Crippen LogP) is 3.32. The van der Waals surface area contributed by atoms with Crippen LogP contribution in [-0.2, 0) is 4.79 Å². The Morgan fingerprint density at radius 3 is 2.53 bits per heavy atom. The van der Waals surface area contributed by atoms with E-state index in [-0.39, 0.29) is 11.5 Å². The topological polar surface area (TPSA) is 29.1 Å². The monoisotopic (exact) mass is 305 g/mol. The summed E-state index contributed by atoms with van der Waals surface area (Å²) in [6.07, 6.45) is 0. The van der Waals surface area contributed by atoms with Gasteiger partial charge in [0, 0.05) is 5.56 Å². The number of carbonyl (C=O) groups is 1. The van der Waals surface area contributed by atoms with E-state index in [1.54, 1.807) is 20.8 Å². The van der Waals surface area contributed by atoms with Gasteiger partial charge in [-0.25, -0.2) is 8.78 Å². The number of rotatable bonds is 3. The highest BCUT2D eigenvalue weighted by Gasteiger charge is 2.25. The molecule has 0 radical (unpaired) electrons. The number of halogens is 3. The van der Waals surface area contributed by atoms with E-state index in [9.17, 15) is 13.6 Å². The molecular formula is C12H14BrF2NO. The van der Waals surface area contributed by atoms with Gasteiger partial charge in [-0.3, -0.25) is 4.79 Å². The second-order valence-corrected chi connectivity index (χ2v) is 6.32. The quantitative estimate of drug-likeness (QED) is 0.853. The lowest BCUT2D eigenvalue weighted by molar-refractivity contribution is -0.123. The minimum atomic E-state index is -0.745. The van der Waals surface area contributed by atoms with Gasteiger partial charge in [-0.2, -0.15) is 0 Å². The Labute approximate surface area is 108 Å². The van der Waals surface area contributed by atoms with Gasteiger partial charge in [0.25, 0.3) is 0 Å². The SMILES string of the molecule is CC(NC(=O)C(C)(C)Br)c1cc(F)ccc1F. The Morgan fingerprint density at radius 1 is 1.41 bits per heavy atom. The third-order valence-corrected chi connectivity index (χ3v) is 2.67. The van der Waals surface area contributed by atoms with Crippen LogP contribution in [0.3, 0.4) is 0 Å². The summed E-state index contributed by atoms with van der Waals surface area (Å²) in [5, 5.41) is 2.61. The molecule has 1 atom stereocenters. The Balaban J connectivity index is 2.87. The molecule has 1 aromatic carbocycles. The van der Waals surface area contributed by atoms with E-state index in [1.807, 2.05) is 0 Å². The fourth-order valence-corrected chi connectivity index (χ4v) is 1.41. The van der Waals surface area contributed by atoms with E-state index < -0.39 is 22.0 Å². The second kappa shape index (κ2) is 5.12. The standard InChI is InChI=1S/C12H14BrF2NO/c1-7(16-11(17)12(2,3)13)9-6-8(14)4-5-10(9)15/h4-7H,1-3H3,(H,16,17). The molecule has 1 N–H and O–H groups in total. The summed E-state index contributed by atoms with van der Waals surface area (Å²) in [5.41, 5.74) is 0.134. The van der Waals surface area contributed by atoms with E-state index in [4.69, 9.17) is 0 Å². The van der Waals surface area contributed by atoms with Gasteiger partial charge in [-0.15, -0.1) is 0 Å². The van der Waals surface area contributed by atoms with Crippen LogP contribution in [0, 0.1) is 11.6 Å². The first kappa shape index (κ1) is 14.1. The highest BCUT2D eigenvalue weighted by atomic mass is 79.9. The molecule has 5 heteroatoms. The molecule has 1 amide bonds. The van der Waals surface area contributed by atoms with Gasteiger partial charge in [0.2, 0.25) is 5.91 Å². The molecule has 1 aromatic rings. The number of benzene rings is 1. The van der Waals surface area contributed by atoms with Gasteiger partial charge < -0.3 is 5.32 Å². The van der Waals surface area contributed by atoms with Gasteiger partial charge in [0.1, 0.15) is 11.6 Å². The molecule has 2 nitrogen and oxygen atoms in total. The first-order chi connectivity index (χ1) is 7.71. The summed E-state index contributed by atoms with van der Waals surface area (Å²) >= 11 is 3.20.